The smallest absolute Gasteiger partial charge is 0.243 e. The molecule has 1 aromatic heterocycles. The standard InChI is InChI=1S/C24H29N5O3S2/c1-17(2)19-8-10-20(11-9-19)34(31,32)29-14-12-28(13-15-29)16-22(30)25-24-27-26-23(33-24)21-7-5-4-6-18(21)3/h4-11,17H,12-16H2,1-3H3,(H,25,27,30). The number of piperazine rings is 1. The summed E-state index contributed by atoms with van der Waals surface area (Å²) >= 11 is 1.33. The van der Waals surface area contributed by atoms with Crippen LogP contribution in [0.3, 0.4) is 0 Å². The van der Waals surface area contributed by atoms with Crippen molar-refractivity contribution < 1.29 is 13.2 Å². The van der Waals surface area contributed by atoms with Crippen LogP contribution in [-0.2, 0) is 14.8 Å². The number of amides is 1. The second-order valence-corrected chi connectivity index (χ2v) is 11.6. The first kappa shape index (κ1) is 24.5. The quantitative estimate of drug-likeness (QED) is 0.534. The lowest BCUT2D eigenvalue weighted by Crippen LogP contribution is -2.50. The molecular formula is C24H29N5O3S2. The molecule has 180 valence electrons. The van der Waals surface area contributed by atoms with Crippen LogP contribution in [0.4, 0.5) is 5.13 Å². The molecule has 34 heavy (non-hydrogen) atoms. The Morgan fingerprint density at radius 2 is 1.71 bits per heavy atom. The third-order valence-corrected chi connectivity index (χ3v) is 8.71. The zero-order valence-electron chi connectivity index (χ0n) is 19.6. The van der Waals surface area contributed by atoms with E-state index in [1.54, 1.807) is 12.1 Å². The average molecular weight is 500 g/mol. The molecule has 1 amide bonds. The van der Waals surface area contributed by atoms with Gasteiger partial charge >= 0.3 is 0 Å². The molecule has 8 nitrogen and oxygen atoms in total. The Bertz CT molecular complexity index is 1250. The van der Waals surface area contributed by atoms with Crippen LogP contribution < -0.4 is 5.32 Å². The molecule has 2 heterocycles. The van der Waals surface area contributed by atoms with Crippen molar-refractivity contribution in [3.8, 4) is 10.6 Å². The molecule has 10 heteroatoms. The Kier molecular flexibility index (Phi) is 7.42. The predicted octanol–water partition coefficient (Wildman–Crippen LogP) is 3.58. The van der Waals surface area contributed by atoms with Gasteiger partial charge in [0.25, 0.3) is 0 Å². The third kappa shape index (κ3) is 5.52. The number of rotatable bonds is 7. The Balaban J connectivity index is 1.30. The number of benzene rings is 2. The van der Waals surface area contributed by atoms with Crippen molar-refractivity contribution in [3.05, 3.63) is 59.7 Å². The van der Waals surface area contributed by atoms with Gasteiger partial charge in [-0.15, -0.1) is 10.2 Å². The highest BCUT2D eigenvalue weighted by Gasteiger charge is 2.29. The summed E-state index contributed by atoms with van der Waals surface area (Å²) in [6, 6.07) is 15.0. The predicted molar refractivity (Wildman–Crippen MR) is 134 cm³/mol. The summed E-state index contributed by atoms with van der Waals surface area (Å²) in [4.78, 5) is 14.8. The van der Waals surface area contributed by atoms with Gasteiger partial charge in [-0.2, -0.15) is 4.31 Å². The van der Waals surface area contributed by atoms with Crippen molar-refractivity contribution >= 4 is 32.4 Å². The Morgan fingerprint density at radius 3 is 2.35 bits per heavy atom. The summed E-state index contributed by atoms with van der Waals surface area (Å²) in [5.41, 5.74) is 3.20. The minimum Gasteiger partial charge on any atom is -0.299 e. The zero-order chi connectivity index (χ0) is 24.3. The fraction of sp³-hybridized carbons (Fsp3) is 0.375. The SMILES string of the molecule is Cc1ccccc1-c1nnc(NC(=O)CN2CCN(S(=O)(=O)c3ccc(C(C)C)cc3)CC2)s1. The lowest BCUT2D eigenvalue weighted by Gasteiger charge is -2.33. The maximum Gasteiger partial charge on any atom is 0.243 e. The van der Waals surface area contributed by atoms with E-state index in [0.717, 1.165) is 21.7 Å². The summed E-state index contributed by atoms with van der Waals surface area (Å²) in [6.45, 7) is 8.00. The maximum absolute atomic E-state index is 13.0. The van der Waals surface area contributed by atoms with E-state index in [1.807, 2.05) is 48.2 Å². The van der Waals surface area contributed by atoms with Crippen LogP contribution in [0.15, 0.2) is 53.4 Å². The van der Waals surface area contributed by atoms with Crippen molar-refractivity contribution in [3.63, 3.8) is 0 Å². The highest BCUT2D eigenvalue weighted by molar-refractivity contribution is 7.89. The van der Waals surface area contributed by atoms with Crippen molar-refractivity contribution in [1.29, 1.82) is 0 Å². The van der Waals surface area contributed by atoms with Crippen molar-refractivity contribution in [2.45, 2.75) is 31.6 Å². The summed E-state index contributed by atoms with van der Waals surface area (Å²) in [5.74, 6) is 0.161. The molecule has 1 N–H and O–H groups in total. The number of aryl methyl sites for hydroxylation is 1. The van der Waals surface area contributed by atoms with Crippen LogP contribution in [0.25, 0.3) is 10.6 Å². The van der Waals surface area contributed by atoms with Gasteiger partial charge in [0.2, 0.25) is 21.1 Å². The molecular weight excluding hydrogens is 470 g/mol. The van der Waals surface area contributed by atoms with Crippen LogP contribution >= 0.6 is 11.3 Å². The van der Waals surface area contributed by atoms with E-state index >= 15 is 0 Å². The molecule has 1 aliphatic rings. The first-order valence-electron chi connectivity index (χ1n) is 11.3. The first-order chi connectivity index (χ1) is 16.2. The number of nitrogens with zero attached hydrogens (tertiary/aromatic N) is 4. The molecule has 1 saturated heterocycles. The van der Waals surface area contributed by atoms with E-state index in [-0.39, 0.29) is 12.5 Å². The summed E-state index contributed by atoms with van der Waals surface area (Å²) in [5, 5.41) is 12.3. The van der Waals surface area contributed by atoms with Gasteiger partial charge in [0.1, 0.15) is 5.01 Å². The monoisotopic (exact) mass is 499 g/mol. The number of nitrogens with one attached hydrogen (secondary N) is 1. The largest absolute Gasteiger partial charge is 0.299 e. The fourth-order valence-electron chi connectivity index (χ4n) is 3.86. The maximum atomic E-state index is 13.0. The minimum atomic E-state index is -3.54. The van der Waals surface area contributed by atoms with Gasteiger partial charge in [-0.1, -0.05) is 61.6 Å². The molecule has 0 bridgehead atoms. The number of anilines is 1. The lowest BCUT2D eigenvalue weighted by atomic mass is 10.0. The van der Waals surface area contributed by atoms with E-state index < -0.39 is 10.0 Å². The van der Waals surface area contributed by atoms with E-state index in [0.29, 0.717) is 42.1 Å². The van der Waals surface area contributed by atoms with Crippen LogP contribution in [0.5, 0.6) is 0 Å². The second-order valence-electron chi connectivity index (χ2n) is 8.68. The third-order valence-electron chi connectivity index (χ3n) is 5.93. The van der Waals surface area contributed by atoms with Crippen LogP contribution in [-0.4, -0.2) is 66.5 Å². The minimum absolute atomic E-state index is 0.177. The number of hydrogen-bond donors (Lipinski definition) is 1. The van der Waals surface area contributed by atoms with E-state index in [4.69, 9.17) is 0 Å². The van der Waals surface area contributed by atoms with Gasteiger partial charge in [0.05, 0.1) is 11.4 Å². The normalized spacial score (nSPS) is 15.5. The summed E-state index contributed by atoms with van der Waals surface area (Å²) in [6.07, 6.45) is 0. The van der Waals surface area contributed by atoms with Gasteiger partial charge in [-0.05, 0) is 36.1 Å². The first-order valence-corrected chi connectivity index (χ1v) is 13.5. The topological polar surface area (TPSA) is 95.5 Å². The molecule has 2 aromatic carbocycles. The van der Waals surface area contributed by atoms with Crippen molar-refractivity contribution in [2.75, 3.05) is 38.0 Å². The number of aromatic nitrogens is 2. The van der Waals surface area contributed by atoms with Crippen LogP contribution in [0, 0.1) is 6.92 Å². The Hall–Kier alpha value is -2.66. The molecule has 0 saturated carbocycles. The number of sulfonamides is 1. The van der Waals surface area contributed by atoms with Gasteiger partial charge in [0, 0.05) is 31.7 Å². The molecule has 3 aromatic rings. The van der Waals surface area contributed by atoms with Crippen molar-refractivity contribution in [1.82, 2.24) is 19.4 Å². The van der Waals surface area contributed by atoms with Gasteiger partial charge in [0.15, 0.2) is 0 Å². The van der Waals surface area contributed by atoms with Crippen LogP contribution in [0.1, 0.15) is 30.9 Å². The molecule has 0 unspecified atom stereocenters. The lowest BCUT2D eigenvalue weighted by molar-refractivity contribution is -0.117. The molecule has 4 rings (SSSR count). The van der Waals surface area contributed by atoms with Gasteiger partial charge in [-0.25, -0.2) is 8.42 Å². The highest BCUT2D eigenvalue weighted by atomic mass is 32.2. The second kappa shape index (κ2) is 10.3. The number of carbonyl (C=O) groups is 1. The Morgan fingerprint density at radius 1 is 1.03 bits per heavy atom. The molecule has 0 atom stereocenters. The fourth-order valence-corrected chi connectivity index (χ4v) is 6.13. The van der Waals surface area contributed by atoms with Crippen LogP contribution in [0.2, 0.25) is 0 Å². The van der Waals surface area contributed by atoms with Gasteiger partial charge in [-0.3, -0.25) is 15.0 Å². The summed E-state index contributed by atoms with van der Waals surface area (Å²) in [7, 11) is -3.54. The molecule has 0 radical (unpaired) electrons. The molecule has 1 aliphatic heterocycles. The van der Waals surface area contributed by atoms with Crippen molar-refractivity contribution in [2.24, 2.45) is 0 Å². The number of carbonyl (C=O) groups excluding carboxylic acids is 1. The average Bonchev–Trinajstić information content (AvgIpc) is 3.27. The molecule has 0 aliphatic carbocycles. The van der Waals surface area contributed by atoms with E-state index in [1.165, 1.54) is 15.6 Å². The molecule has 1 fully saturated rings. The summed E-state index contributed by atoms with van der Waals surface area (Å²) < 4.78 is 27.5. The molecule has 0 spiro atoms. The van der Waals surface area contributed by atoms with E-state index in [9.17, 15) is 13.2 Å². The highest BCUT2D eigenvalue weighted by Crippen LogP contribution is 2.28. The number of hydrogen-bond acceptors (Lipinski definition) is 7. The van der Waals surface area contributed by atoms with Gasteiger partial charge < -0.3 is 0 Å². The zero-order valence-corrected chi connectivity index (χ0v) is 21.2. The van der Waals surface area contributed by atoms with E-state index in [2.05, 4.69) is 29.4 Å². The Labute approximate surface area is 204 Å².